The number of hydrogen-bond acceptors (Lipinski definition) is 5. The summed E-state index contributed by atoms with van der Waals surface area (Å²) in [6.07, 6.45) is -1.04. The van der Waals surface area contributed by atoms with Gasteiger partial charge in [-0.25, -0.2) is 9.59 Å². The average Bonchev–Trinajstić information content (AvgIpc) is 2.48. The largest absolute Gasteiger partial charge is 0.464 e. The Balaban J connectivity index is 2.11. The summed E-state index contributed by atoms with van der Waals surface area (Å²) in [6, 6.07) is 9.49. The number of benzene rings is 1. The lowest BCUT2D eigenvalue weighted by atomic mass is 9.93. The molecule has 0 saturated carbocycles. The number of esters is 1. The summed E-state index contributed by atoms with van der Waals surface area (Å²) in [5.74, 6) is -0.518. The van der Waals surface area contributed by atoms with E-state index in [9.17, 15) is 9.59 Å². The van der Waals surface area contributed by atoms with E-state index in [0.717, 1.165) is 5.56 Å². The molecule has 2 atom stereocenters. The first-order valence-electron chi connectivity index (χ1n) is 7.34. The maximum atomic E-state index is 12.2. The Hall–Kier alpha value is -2.08. The van der Waals surface area contributed by atoms with Crippen molar-refractivity contribution in [3.05, 3.63) is 35.9 Å². The molecule has 2 rings (SSSR count). The van der Waals surface area contributed by atoms with Crippen molar-refractivity contribution in [1.82, 2.24) is 5.32 Å². The summed E-state index contributed by atoms with van der Waals surface area (Å²) < 4.78 is 16.1. The molecule has 1 aliphatic rings. The van der Waals surface area contributed by atoms with Gasteiger partial charge in [0.05, 0.1) is 13.2 Å². The van der Waals surface area contributed by atoms with Crippen molar-refractivity contribution in [3.63, 3.8) is 0 Å². The highest BCUT2D eigenvalue weighted by Crippen LogP contribution is 2.27. The Kier molecular flexibility index (Phi) is 5.38. The SMILES string of the molecule is CCOC(=O)[C@@H](OCc1ccccc1)[C@]1(C)CCNC(=O)O1. The third-order valence-corrected chi connectivity index (χ3v) is 3.53. The number of alkyl carbamates (subject to hydrolysis) is 1. The molecular weight excluding hydrogens is 286 g/mol. The molecule has 1 amide bonds. The minimum atomic E-state index is -1.04. The van der Waals surface area contributed by atoms with E-state index in [2.05, 4.69) is 5.32 Å². The highest BCUT2D eigenvalue weighted by atomic mass is 16.6. The van der Waals surface area contributed by atoms with E-state index in [0.29, 0.717) is 13.0 Å². The second-order valence-corrected chi connectivity index (χ2v) is 5.31. The Morgan fingerprint density at radius 2 is 2.14 bits per heavy atom. The van der Waals surface area contributed by atoms with E-state index in [1.165, 1.54) is 0 Å². The third kappa shape index (κ3) is 3.98. The monoisotopic (exact) mass is 307 g/mol. The quantitative estimate of drug-likeness (QED) is 0.814. The highest BCUT2D eigenvalue weighted by Gasteiger charge is 2.46. The van der Waals surface area contributed by atoms with Crippen molar-refractivity contribution in [2.45, 2.75) is 38.6 Å². The second-order valence-electron chi connectivity index (χ2n) is 5.31. The van der Waals surface area contributed by atoms with Gasteiger partial charge in [0.2, 0.25) is 0 Å². The van der Waals surface area contributed by atoms with Gasteiger partial charge in [0, 0.05) is 13.0 Å². The van der Waals surface area contributed by atoms with Crippen molar-refractivity contribution < 1.29 is 23.8 Å². The average molecular weight is 307 g/mol. The maximum absolute atomic E-state index is 12.2. The molecule has 1 aromatic carbocycles. The van der Waals surface area contributed by atoms with Crippen LogP contribution in [0.4, 0.5) is 4.79 Å². The lowest BCUT2D eigenvalue weighted by molar-refractivity contribution is -0.179. The standard InChI is InChI=1S/C16H21NO5/c1-3-20-14(18)13(16(2)9-10-17-15(19)22-16)21-11-12-7-5-4-6-8-12/h4-8,13H,3,9-11H2,1-2H3,(H,17,19)/t13-,16+/m1/s1. The van der Waals surface area contributed by atoms with Gasteiger partial charge in [-0.05, 0) is 19.4 Å². The molecule has 1 aliphatic heterocycles. The molecule has 1 N–H and O–H groups in total. The first-order chi connectivity index (χ1) is 10.5. The summed E-state index contributed by atoms with van der Waals surface area (Å²) in [6.45, 7) is 4.33. The molecule has 1 fully saturated rings. The van der Waals surface area contributed by atoms with E-state index >= 15 is 0 Å². The summed E-state index contributed by atoms with van der Waals surface area (Å²) >= 11 is 0. The highest BCUT2D eigenvalue weighted by molar-refractivity contribution is 5.78. The first-order valence-corrected chi connectivity index (χ1v) is 7.34. The lowest BCUT2D eigenvalue weighted by Gasteiger charge is -2.38. The molecule has 0 spiro atoms. The van der Waals surface area contributed by atoms with Crippen LogP contribution in [0.2, 0.25) is 0 Å². The molecule has 1 aromatic rings. The Morgan fingerprint density at radius 3 is 2.77 bits per heavy atom. The van der Waals surface area contributed by atoms with Crippen LogP contribution in [0.1, 0.15) is 25.8 Å². The molecule has 22 heavy (non-hydrogen) atoms. The molecule has 1 heterocycles. The van der Waals surface area contributed by atoms with Gasteiger partial charge in [-0.1, -0.05) is 30.3 Å². The van der Waals surface area contributed by atoms with E-state index in [-0.39, 0.29) is 13.2 Å². The lowest BCUT2D eigenvalue weighted by Crippen LogP contribution is -2.56. The van der Waals surface area contributed by atoms with Gasteiger partial charge >= 0.3 is 12.1 Å². The molecular formula is C16H21NO5. The van der Waals surface area contributed by atoms with E-state index in [4.69, 9.17) is 14.2 Å². The Labute approximate surface area is 129 Å². The minimum absolute atomic E-state index is 0.241. The fourth-order valence-corrected chi connectivity index (χ4v) is 2.36. The number of nitrogens with one attached hydrogen (secondary N) is 1. The zero-order chi connectivity index (χ0) is 16.0. The van der Waals surface area contributed by atoms with Gasteiger partial charge in [0.15, 0.2) is 6.10 Å². The van der Waals surface area contributed by atoms with Crippen LogP contribution in [0.5, 0.6) is 0 Å². The smallest absolute Gasteiger partial charge is 0.407 e. The number of hydrogen-bond donors (Lipinski definition) is 1. The van der Waals surface area contributed by atoms with Crippen LogP contribution in [0.25, 0.3) is 0 Å². The third-order valence-electron chi connectivity index (χ3n) is 3.53. The number of carbonyl (C=O) groups is 2. The number of cyclic esters (lactones) is 1. The summed E-state index contributed by atoms with van der Waals surface area (Å²) in [5, 5.41) is 2.57. The van der Waals surface area contributed by atoms with Gasteiger partial charge in [-0.15, -0.1) is 0 Å². The van der Waals surface area contributed by atoms with Crippen LogP contribution in [0, 0.1) is 0 Å². The van der Waals surface area contributed by atoms with Gasteiger partial charge in [-0.2, -0.15) is 0 Å². The summed E-state index contributed by atoms with van der Waals surface area (Å²) in [5.41, 5.74) is -0.107. The topological polar surface area (TPSA) is 73.9 Å². The number of ether oxygens (including phenoxy) is 3. The molecule has 6 heteroatoms. The van der Waals surface area contributed by atoms with Gasteiger partial charge < -0.3 is 19.5 Å². The normalized spacial score (nSPS) is 22.4. The summed E-state index contributed by atoms with van der Waals surface area (Å²) in [7, 11) is 0. The van der Waals surface area contributed by atoms with Crippen LogP contribution in [-0.4, -0.2) is 36.9 Å². The molecule has 1 saturated heterocycles. The first kappa shape index (κ1) is 16.3. The van der Waals surface area contributed by atoms with Crippen LogP contribution in [-0.2, 0) is 25.6 Å². The van der Waals surface area contributed by atoms with E-state index < -0.39 is 23.8 Å². The predicted molar refractivity (Wildman–Crippen MR) is 79.2 cm³/mol. The molecule has 120 valence electrons. The van der Waals surface area contributed by atoms with E-state index in [1.807, 2.05) is 30.3 Å². The molecule has 0 unspecified atom stereocenters. The fraction of sp³-hybridized carbons (Fsp3) is 0.500. The van der Waals surface area contributed by atoms with Crippen LogP contribution >= 0.6 is 0 Å². The van der Waals surface area contributed by atoms with Crippen molar-refractivity contribution in [2.24, 2.45) is 0 Å². The zero-order valence-corrected chi connectivity index (χ0v) is 12.8. The van der Waals surface area contributed by atoms with Crippen molar-refractivity contribution in [3.8, 4) is 0 Å². The van der Waals surface area contributed by atoms with E-state index in [1.54, 1.807) is 13.8 Å². The van der Waals surface area contributed by atoms with Crippen molar-refractivity contribution >= 4 is 12.1 Å². The number of carbonyl (C=O) groups excluding carboxylic acids is 2. The maximum Gasteiger partial charge on any atom is 0.407 e. The fourth-order valence-electron chi connectivity index (χ4n) is 2.36. The molecule has 0 aromatic heterocycles. The van der Waals surface area contributed by atoms with Gasteiger partial charge in [0.25, 0.3) is 0 Å². The van der Waals surface area contributed by atoms with Crippen LogP contribution in [0.3, 0.4) is 0 Å². The van der Waals surface area contributed by atoms with Gasteiger partial charge in [0.1, 0.15) is 5.60 Å². The molecule has 6 nitrogen and oxygen atoms in total. The molecule has 0 bridgehead atoms. The molecule has 0 aliphatic carbocycles. The predicted octanol–water partition coefficient (Wildman–Crippen LogP) is 2.02. The second kappa shape index (κ2) is 7.26. The minimum Gasteiger partial charge on any atom is -0.464 e. The zero-order valence-electron chi connectivity index (χ0n) is 12.8. The van der Waals surface area contributed by atoms with Crippen molar-refractivity contribution in [1.29, 1.82) is 0 Å². The van der Waals surface area contributed by atoms with Crippen LogP contribution in [0.15, 0.2) is 30.3 Å². The summed E-state index contributed by atoms with van der Waals surface area (Å²) in [4.78, 5) is 23.7. The van der Waals surface area contributed by atoms with Crippen LogP contribution < -0.4 is 5.32 Å². The van der Waals surface area contributed by atoms with Crippen molar-refractivity contribution in [2.75, 3.05) is 13.2 Å². The Morgan fingerprint density at radius 1 is 1.41 bits per heavy atom. The van der Waals surface area contributed by atoms with Gasteiger partial charge in [-0.3, -0.25) is 0 Å². The Bertz CT molecular complexity index is 519. The molecule has 0 radical (unpaired) electrons. The number of rotatable bonds is 6. The number of amides is 1.